The number of halogens is 2. The van der Waals surface area contributed by atoms with Crippen LogP contribution in [-0.4, -0.2) is 11.9 Å². The maximum absolute atomic E-state index is 12.3. The number of cyclic esters (lactones) is 1. The highest BCUT2D eigenvalue weighted by atomic mass is 35.5. The van der Waals surface area contributed by atoms with Crippen LogP contribution in [0.3, 0.4) is 0 Å². The van der Waals surface area contributed by atoms with E-state index in [2.05, 4.69) is 4.99 Å². The lowest BCUT2D eigenvalue weighted by Crippen LogP contribution is -2.05. The summed E-state index contributed by atoms with van der Waals surface area (Å²) in [6, 6.07) is 22.4. The molecule has 0 saturated heterocycles. The van der Waals surface area contributed by atoms with E-state index in [1.54, 1.807) is 36.4 Å². The molecule has 0 atom stereocenters. The summed E-state index contributed by atoms with van der Waals surface area (Å²) in [6.07, 6.45) is 1.54. The van der Waals surface area contributed by atoms with E-state index in [-0.39, 0.29) is 11.6 Å². The van der Waals surface area contributed by atoms with Gasteiger partial charge in [0.1, 0.15) is 11.5 Å². The van der Waals surface area contributed by atoms with Gasteiger partial charge in [-0.3, -0.25) is 0 Å². The highest BCUT2D eigenvalue weighted by Gasteiger charge is 2.25. The molecule has 0 bridgehead atoms. The molecule has 30 heavy (non-hydrogen) atoms. The van der Waals surface area contributed by atoms with Crippen molar-refractivity contribution in [3.63, 3.8) is 0 Å². The van der Waals surface area contributed by atoms with Gasteiger partial charge in [-0.05, 0) is 53.2 Å². The highest BCUT2D eigenvalue weighted by molar-refractivity contribution is 6.35. The molecule has 146 valence electrons. The monoisotopic (exact) mass is 433 g/mol. The molecule has 0 aliphatic carbocycles. The van der Waals surface area contributed by atoms with E-state index in [1.165, 1.54) is 0 Å². The molecule has 4 nitrogen and oxygen atoms in total. The molecular weight excluding hydrogens is 421 g/mol. The van der Waals surface area contributed by atoms with E-state index in [0.717, 1.165) is 16.3 Å². The number of hydrogen-bond donors (Lipinski definition) is 0. The third kappa shape index (κ3) is 3.52. The van der Waals surface area contributed by atoms with Gasteiger partial charge in [-0.1, -0.05) is 53.5 Å². The summed E-state index contributed by atoms with van der Waals surface area (Å²) >= 11 is 12.3. The lowest BCUT2D eigenvalue weighted by molar-refractivity contribution is -0.129. The topological polar surface area (TPSA) is 51.8 Å². The zero-order valence-electron chi connectivity index (χ0n) is 15.4. The SMILES string of the molecule is O=C1OC(c2ccc3ccccc3c2)=N/C1=C\c1ccc(-c2cc(Cl)ccc2Cl)o1. The molecule has 6 heteroatoms. The minimum absolute atomic E-state index is 0.163. The molecule has 0 fully saturated rings. The molecule has 3 aromatic carbocycles. The van der Waals surface area contributed by atoms with Crippen molar-refractivity contribution in [2.75, 3.05) is 0 Å². The molecule has 0 radical (unpaired) electrons. The first-order chi connectivity index (χ1) is 14.6. The van der Waals surface area contributed by atoms with Gasteiger partial charge in [0.2, 0.25) is 5.90 Å². The molecule has 0 amide bonds. The first-order valence-electron chi connectivity index (χ1n) is 9.14. The Morgan fingerprint density at radius 1 is 0.867 bits per heavy atom. The molecule has 0 N–H and O–H groups in total. The Labute approximate surface area is 182 Å². The number of hydrogen-bond acceptors (Lipinski definition) is 4. The molecule has 1 aromatic heterocycles. The van der Waals surface area contributed by atoms with Gasteiger partial charge in [-0.2, -0.15) is 0 Å². The van der Waals surface area contributed by atoms with Crippen LogP contribution in [0.15, 0.2) is 87.9 Å². The second-order valence-electron chi connectivity index (χ2n) is 6.72. The number of fused-ring (bicyclic) bond motifs is 1. The van der Waals surface area contributed by atoms with Gasteiger partial charge in [0.15, 0.2) is 5.70 Å². The lowest BCUT2D eigenvalue weighted by atomic mass is 10.1. The van der Waals surface area contributed by atoms with Crippen LogP contribution in [0.25, 0.3) is 28.2 Å². The average molecular weight is 434 g/mol. The zero-order valence-corrected chi connectivity index (χ0v) is 16.9. The van der Waals surface area contributed by atoms with Gasteiger partial charge in [-0.25, -0.2) is 9.79 Å². The van der Waals surface area contributed by atoms with Crippen LogP contribution in [0.5, 0.6) is 0 Å². The third-order valence-corrected chi connectivity index (χ3v) is 5.28. The summed E-state index contributed by atoms with van der Waals surface area (Å²) in [5.74, 6) is 0.731. The van der Waals surface area contributed by atoms with E-state index >= 15 is 0 Å². The average Bonchev–Trinajstić information content (AvgIpc) is 3.36. The smallest absolute Gasteiger partial charge is 0.363 e. The van der Waals surface area contributed by atoms with E-state index in [4.69, 9.17) is 32.4 Å². The van der Waals surface area contributed by atoms with Crippen molar-refractivity contribution in [3.05, 3.63) is 99.9 Å². The molecule has 0 spiro atoms. The zero-order chi connectivity index (χ0) is 20.7. The molecule has 0 unspecified atom stereocenters. The normalized spacial score (nSPS) is 14.9. The minimum Gasteiger partial charge on any atom is -0.457 e. The molecule has 4 aromatic rings. The van der Waals surface area contributed by atoms with Crippen molar-refractivity contribution in [3.8, 4) is 11.3 Å². The highest BCUT2D eigenvalue weighted by Crippen LogP contribution is 2.32. The van der Waals surface area contributed by atoms with E-state index < -0.39 is 5.97 Å². The van der Waals surface area contributed by atoms with Gasteiger partial charge in [-0.15, -0.1) is 0 Å². The van der Waals surface area contributed by atoms with Gasteiger partial charge >= 0.3 is 5.97 Å². The Morgan fingerprint density at radius 2 is 1.70 bits per heavy atom. The first-order valence-corrected chi connectivity index (χ1v) is 9.89. The summed E-state index contributed by atoms with van der Waals surface area (Å²) in [7, 11) is 0. The van der Waals surface area contributed by atoms with Crippen LogP contribution < -0.4 is 0 Å². The van der Waals surface area contributed by atoms with Crippen molar-refractivity contribution in [1.82, 2.24) is 0 Å². The minimum atomic E-state index is -0.531. The number of rotatable bonds is 3. The third-order valence-electron chi connectivity index (χ3n) is 4.72. The van der Waals surface area contributed by atoms with Crippen molar-refractivity contribution in [2.45, 2.75) is 0 Å². The summed E-state index contributed by atoms with van der Waals surface area (Å²) < 4.78 is 11.2. The number of carbonyl (C=O) groups is 1. The number of furan rings is 1. The number of aliphatic imine (C=N–C) groups is 1. The van der Waals surface area contributed by atoms with Crippen molar-refractivity contribution < 1.29 is 13.9 Å². The Morgan fingerprint density at radius 3 is 2.57 bits per heavy atom. The number of esters is 1. The summed E-state index contributed by atoms with van der Waals surface area (Å²) in [5, 5.41) is 3.21. The summed E-state index contributed by atoms with van der Waals surface area (Å²) in [5.41, 5.74) is 1.57. The maximum atomic E-state index is 12.3. The summed E-state index contributed by atoms with van der Waals surface area (Å²) in [6.45, 7) is 0. The fraction of sp³-hybridized carbons (Fsp3) is 0. The number of benzene rings is 3. The Balaban J connectivity index is 1.47. The van der Waals surface area contributed by atoms with Crippen LogP contribution in [0.4, 0.5) is 0 Å². The maximum Gasteiger partial charge on any atom is 0.363 e. The van der Waals surface area contributed by atoms with Gasteiger partial charge in [0.25, 0.3) is 0 Å². The van der Waals surface area contributed by atoms with Gasteiger partial charge in [0.05, 0.1) is 5.02 Å². The quantitative estimate of drug-likeness (QED) is 0.265. The predicted molar refractivity (Wildman–Crippen MR) is 119 cm³/mol. The second kappa shape index (κ2) is 7.48. The fourth-order valence-corrected chi connectivity index (χ4v) is 3.63. The molecule has 0 saturated carbocycles. The van der Waals surface area contributed by atoms with Crippen LogP contribution in [0.1, 0.15) is 11.3 Å². The van der Waals surface area contributed by atoms with E-state index in [1.807, 2.05) is 42.5 Å². The Bertz CT molecular complexity index is 1370. The van der Waals surface area contributed by atoms with E-state index in [9.17, 15) is 4.79 Å². The van der Waals surface area contributed by atoms with Crippen LogP contribution in [0, 0.1) is 0 Å². The van der Waals surface area contributed by atoms with Crippen LogP contribution in [-0.2, 0) is 9.53 Å². The van der Waals surface area contributed by atoms with Gasteiger partial charge in [0, 0.05) is 22.2 Å². The molecular formula is C24H13Cl2NO3. The lowest BCUT2D eigenvalue weighted by Gasteiger charge is -2.02. The Kier molecular flexibility index (Phi) is 4.66. The number of nitrogens with zero attached hydrogens (tertiary/aromatic N) is 1. The fourth-order valence-electron chi connectivity index (χ4n) is 3.25. The van der Waals surface area contributed by atoms with Crippen LogP contribution in [0.2, 0.25) is 10.0 Å². The molecule has 1 aliphatic rings. The molecule has 5 rings (SSSR count). The first kappa shape index (κ1) is 18.7. The number of carbonyl (C=O) groups excluding carboxylic acids is 1. The van der Waals surface area contributed by atoms with Crippen LogP contribution >= 0.6 is 23.2 Å². The predicted octanol–water partition coefficient (Wildman–Crippen LogP) is 6.75. The Hall–Kier alpha value is -3.34. The van der Waals surface area contributed by atoms with Crippen molar-refractivity contribution >= 4 is 51.9 Å². The number of ether oxygens (including phenoxy) is 1. The van der Waals surface area contributed by atoms with Crippen molar-refractivity contribution in [1.29, 1.82) is 0 Å². The molecule has 1 aliphatic heterocycles. The van der Waals surface area contributed by atoms with Crippen molar-refractivity contribution in [2.24, 2.45) is 4.99 Å². The standard InChI is InChI=1S/C24H13Cl2NO3/c25-17-7-9-20(26)19(12-17)22-10-8-18(29-22)13-21-24(28)30-23(27-21)16-6-5-14-3-1-2-4-15(14)11-16/h1-13H/b21-13-. The second-order valence-corrected chi connectivity index (χ2v) is 7.57. The van der Waals surface area contributed by atoms with E-state index in [0.29, 0.717) is 27.1 Å². The summed E-state index contributed by atoms with van der Waals surface area (Å²) in [4.78, 5) is 16.7. The largest absolute Gasteiger partial charge is 0.457 e. The molecule has 2 heterocycles. The van der Waals surface area contributed by atoms with Gasteiger partial charge < -0.3 is 9.15 Å².